The molecule has 4 nitrogen and oxygen atoms in total. The molecule has 1 saturated carbocycles. The molecule has 0 radical (unpaired) electrons. The van der Waals surface area contributed by atoms with Crippen LogP contribution < -0.4 is 5.73 Å². The van der Waals surface area contributed by atoms with Gasteiger partial charge < -0.3 is 10.5 Å². The van der Waals surface area contributed by atoms with E-state index in [2.05, 4.69) is 6.92 Å². The van der Waals surface area contributed by atoms with Crippen LogP contribution >= 0.6 is 0 Å². The molecule has 2 N–H and O–H groups in total. The van der Waals surface area contributed by atoms with E-state index in [1.54, 1.807) is 6.92 Å². The average Bonchev–Trinajstić information content (AvgIpc) is 2.38. The Morgan fingerprint density at radius 2 is 2.10 bits per heavy atom. The van der Waals surface area contributed by atoms with Gasteiger partial charge in [-0.05, 0) is 38.5 Å². The maximum absolute atomic E-state index is 11.5. The molecule has 1 fully saturated rings. The van der Waals surface area contributed by atoms with E-state index in [0.717, 1.165) is 25.7 Å². The predicted molar refractivity (Wildman–Crippen MR) is 83.5 cm³/mol. The second-order valence-corrected chi connectivity index (χ2v) is 8.66. The summed E-state index contributed by atoms with van der Waals surface area (Å²) in [6.45, 7) is 6.63. The minimum Gasteiger partial charge on any atom is -0.374 e. The highest BCUT2D eigenvalue weighted by Crippen LogP contribution is 2.38. The van der Waals surface area contributed by atoms with Gasteiger partial charge in [0.1, 0.15) is 9.84 Å². The molecule has 1 aliphatic rings. The molecule has 0 aromatic rings. The Labute approximate surface area is 124 Å². The molecule has 0 aliphatic heterocycles. The summed E-state index contributed by atoms with van der Waals surface area (Å²) in [4.78, 5) is 0. The fourth-order valence-corrected chi connectivity index (χ4v) is 4.23. The molecule has 0 heterocycles. The number of hydrogen-bond donors (Lipinski definition) is 1. The highest BCUT2D eigenvalue weighted by molar-refractivity contribution is 7.91. The molecule has 1 rings (SSSR count). The van der Waals surface area contributed by atoms with E-state index in [9.17, 15) is 8.42 Å². The molecular formula is C15H31NO3S. The Kier molecular flexibility index (Phi) is 6.95. The minimum atomic E-state index is -2.89. The van der Waals surface area contributed by atoms with Crippen LogP contribution in [-0.2, 0) is 14.6 Å². The molecule has 3 atom stereocenters. The third kappa shape index (κ3) is 5.01. The van der Waals surface area contributed by atoms with Gasteiger partial charge in [-0.15, -0.1) is 0 Å². The SMILES string of the molecule is CCOC1(C(N)CCCS(=O)(=O)CC)CCCC(C)C1. The Hall–Kier alpha value is -0.130. The van der Waals surface area contributed by atoms with Gasteiger partial charge in [0.25, 0.3) is 0 Å². The summed E-state index contributed by atoms with van der Waals surface area (Å²) in [5, 5.41) is 0. The molecule has 3 unspecified atom stereocenters. The molecule has 0 aromatic carbocycles. The number of nitrogens with two attached hydrogens (primary N) is 1. The van der Waals surface area contributed by atoms with Crippen LogP contribution in [0.25, 0.3) is 0 Å². The molecule has 0 saturated heterocycles. The van der Waals surface area contributed by atoms with Crippen molar-refractivity contribution in [2.75, 3.05) is 18.1 Å². The van der Waals surface area contributed by atoms with Crippen LogP contribution in [0, 0.1) is 5.92 Å². The fourth-order valence-electron chi connectivity index (χ4n) is 3.34. The molecule has 0 aromatic heterocycles. The van der Waals surface area contributed by atoms with E-state index in [1.807, 2.05) is 6.92 Å². The molecular weight excluding hydrogens is 274 g/mol. The van der Waals surface area contributed by atoms with Crippen molar-refractivity contribution < 1.29 is 13.2 Å². The van der Waals surface area contributed by atoms with Crippen molar-refractivity contribution >= 4 is 9.84 Å². The van der Waals surface area contributed by atoms with Gasteiger partial charge in [-0.25, -0.2) is 8.42 Å². The van der Waals surface area contributed by atoms with E-state index < -0.39 is 9.84 Å². The first kappa shape index (κ1) is 17.9. The zero-order valence-electron chi connectivity index (χ0n) is 13.2. The monoisotopic (exact) mass is 305 g/mol. The van der Waals surface area contributed by atoms with Gasteiger partial charge in [0.05, 0.1) is 11.4 Å². The molecule has 0 amide bonds. The minimum absolute atomic E-state index is 0.0581. The first-order valence-corrected chi connectivity index (χ1v) is 9.77. The highest BCUT2D eigenvalue weighted by atomic mass is 32.2. The van der Waals surface area contributed by atoms with Gasteiger partial charge in [0.15, 0.2) is 0 Å². The zero-order chi connectivity index (χ0) is 15.2. The Morgan fingerprint density at radius 3 is 2.65 bits per heavy atom. The second kappa shape index (κ2) is 7.76. The van der Waals surface area contributed by atoms with E-state index in [0.29, 0.717) is 18.9 Å². The number of hydrogen-bond acceptors (Lipinski definition) is 4. The normalized spacial score (nSPS) is 29.3. The first-order valence-electron chi connectivity index (χ1n) is 7.95. The maximum atomic E-state index is 11.5. The van der Waals surface area contributed by atoms with Gasteiger partial charge in [-0.2, -0.15) is 0 Å². The van der Waals surface area contributed by atoms with Gasteiger partial charge in [0.2, 0.25) is 0 Å². The standard InChI is InChI=1S/C15H31NO3S/c1-4-19-15(10-6-8-13(3)12-15)14(16)9-7-11-20(17,18)5-2/h13-14H,4-12,16H2,1-3H3. The van der Waals surface area contributed by atoms with Crippen LogP contribution in [0.3, 0.4) is 0 Å². The summed E-state index contributed by atoms with van der Waals surface area (Å²) in [5.41, 5.74) is 6.15. The van der Waals surface area contributed by atoms with Gasteiger partial charge in [-0.3, -0.25) is 0 Å². The lowest BCUT2D eigenvalue weighted by atomic mass is 9.73. The summed E-state index contributed by atoms with van der Waals surface area (Å²) in [6, 6.07) is -0.0581. The number of rotatable bonds is 8. The van der Waals surface area contributed by atoms with Crippen LogP contribution in [-0.4, -0.2) is 38.2 Å². The largest absolute Gasteiger partial charge is 0.374 e. The molecule has 5 heteroatoms. The van der Waals surface area contributed by atoms with Crippen molar-refractivity contribution in [1.82, 2.24) is 0 Å². The lowest BCUT2D eigenvalue weighted by molar-refractivity contribution is -0.0940. The number of sulfone groups is 1. The van der Waals surface area contributed by atoms with Crippen LogP contribution in [0.5, 0.6) is 0 Å². The molecule has 0 bridgehead atoms. The van der Waals surface area contributed by atoms with Gasteiger partial charge in [0, 0.05) is 18.4 Å². The Balaban J connectivity index is 2.58. The van der Waals surface area contributed by atoms with Crippen molar-refractivity contribution in [3.63, 3.8) is 0 Å². The Morgan fingerprint density at radius 1 is 1.40 bits per heavy atom. The summed E-state index contributed by atoms with van der Waals surface area (Å²) >= 11 is 0. The van der Waals surface area contributed by atoms with E-state index >= 15 is 0 Å². The summed E-state index contributed by atoms with van der Waals surface area (Å²) in [7, 11) is -2.89. The number of ether oxygens (including phenoxy) is 1. The highest BCUT2D eigenvalue weighted by Gasteiger charge is 2.40. The van der Waals surface area contributed by atoms with E-state index in [1.165, 1.54) is 6.42 Å². The van der Waals surface area contributed by atoms with Crippen molar-refractivity contribution in [3.8, 4) is 0 Å². The molecule has 120 valence electrons. The average molecular weight is 305 g/mol. The third-order valence-electron chi connectivity index (χ3n) is 4.51. The van der Waals surface area contributed by atoms with Gasteiger partial charge in [-0.1, -0.05) is 26.7 Å². The van der Waals surface area contributed by atoms with E-state index in [4.69, 9.17) is 10.5 Å². The topological polar surface area (TPSA) is 69.4 Å². The van der Waals surface area contributed by atoms with Crippen molar-refractivity contribution in [2.24, 2.45) is 11.7 Å². The van der Waals surface area contributed by atoms with Crippen molar-refractivity contribution in [2.45, 2.75) is 70.9 Å². The van der Waals surface area contributed by atoms with Crippen molar-refractivity contribution in [3.05, 3.63) is 0 Å². The molecule has 1 aliphatic carbocycles. The lowest BCUT2D eigenvalue weighted by Crippen LogP contribution is -2.52. The summed E-state index contributed by atoms with van der Waals surface area (Å²) in [5.74, 6) is 1.10. The maximum Gasteiger partial charge on any atom is 0.150 e. The second-order valence-electron chi connectivity index (χ2n) is 6.18. The molecule has 20 heavy (non-hydrogen) atoms. The quantitative estimate of drug-likeness (QED) is 0.748. The molecule has 0 spiro atoms. The summed E-state index contributed by atoms with van der Waals surface area (Å²) in [6.07, 6.45) is 5.77. The van der Waals surface area contributed by atoms with Crippen LogP contribution in [0.15, 0.2) is 0 Å². The van der Waals surface area contributed by atoms with Crippen LogP contribution in [0.1, 0.15) is 59.3 Å². The van der Waals surface area contributed by atoms with Crippen molar-refractivity contribution in [1.29, 1.82) is 0 Å². The Bertz CT molecular complexity index is 379. The summed E-state index contributed by atoms with van der Waals surface area (Å²) < 4.78 is 29.1. The van der Waals surface area contributed by atoms with Crippen LogP contribution in [0.4, 0.5) is 0 Å². The fraction of sp³-hybridized carbons (Fsp3) is 1.00. The zero-order valence-corrected chi connectivity index (χ0v) is 14.0. The lowest BCUT2D eigenvalue weighted by Gasteiger charge is -2.44. The van der Waals surface area contributed by atoms with Crippen LogP contribution in [0.2, 0.25) is 0 Å². The smallest absolute Gasteiger partial charge is 0.150 e. The predicted octanol–water partition coefficient (Wildman–Crippen LogP) is 2.51. The third-order valence-corrected chi connectivity index (χ3v) is 6.30. The first-order chi connectivity index (χ1) is 9.35. The van der Waals surface area contributed by atoms with E-state index in [-0.39, 0.29) is 23.1 Å². The van der Waals surface area contributed by atoms with Gasteiger partial charge >= 0.3 is 0 Å².